The van der Waals surface area contributed by atoms with Crippen LogP contribution < -0.4 is 5.32 Å². The van der Waals surface area contributed by atoms with E-state index in [1.54, 1.807) is 6.08 Å². The number of likely N-dealkylation sites (N-methyl/N-ethyl adjacent to an activating group) is 1. The summed E-state index contributed by atoms with van der Waals surface area (Å²) in [4.78, 5) is 23.4. The number of allylic oxidation sites excluding steroid dienone is 13. The van der Waals surface area contributed by atoms with E-state index in [2.05, 4.69) is 92.1 Å². The van der Waals surface area contributed by atoms with Crippen molar-refractivity contribution in [2.24, 2.45) is 0 Å². The van der Waals surface area contributed by atoms with Crippen molar-refractivity contribution in [1.29, 1.82) is 0 Å². The lowest BCUT2D eigenvalue weighted by atomic mass is 10.0. The summed E-state index contributed by atoms with van der Waals surface area (Å²) in [6.07, 6.45) is 85.9. The van der Waals surface area contributed by atoms with Gasteiger partial charge in [-0.3, -0.25) is 13.8 Å². The summed E-state index contributed by atoms with van der Waals surface area (Å²) >= 11 is 0. The number of aliphatic hydroxyl groups excluding tert-OH is 1. The van der Waals surface area contributed by atoms with E-state index in [1.807, 2.05) is 27.2 Å². The van der Waals surface area contributed by atoms with Crippen LogP contribution in [-0.2, 0) is 18.4 Å². The molecule has 0 aliphatic rings. The number of carbonyl (C=O) groups is 1. The zero-order valence-corrected chi connectivity index (χ0v) is 53.5. The van der Waals surface area contributed by atoms with Crippen LogP contribution in [0.1, 0.15) is 303 Å². The maximum atomic E-state index is 13.0. The van der Waals surface area contributed by atoms with Crippen LogP contribution in [0.25, 0.3) is 0 Å². The number of unbranched alkanes of at least 4 members (excludes halogenated alkanes) is 36. The summed E-state index contributed by atoms with van der Waals surface area (Å²) in [6.45, 7) is 4.70. The van der Waals surface area contributed by atoms with Gasteiger partial charge >= 0.3 is 7.82 Å². The standard InChI is InChI=1S/C70H129N2O6P/c1-6-8-10-12-14-16-18-20-22-24-26-28-29-30-31-32-33-34-35-36-37-38-39-40-41-42-43-44-46-48-50-52-54-56-58-60-62-64-70(74)71-68(67-78-79(75,76)77-66-65-72(3,4)5)69(73)63-61-59-57-55-53-51-49-47-45-27-25-23-21-19-17-15-13-11-9-7-2/h8,10,14,16,20,22,26,28,45,47,53,55,61,63,68-69,73H,6-7,9,11-13,15,17-19,21,23-25,27,29-44,46,48-52,54,56-60,62,64-67H2,1-5H3,(H-,71,74,75,76)/p+1/b10-8-,16-14-,22-20-,28-26-,47-45+,55-53+,63-61+. The number of aliphatic hydroxyl groups is 1. The van der Waals surface area contributed by atoms with Gasteiger partial charge in [-0.15, -0.1) is 0 Å². The molecule has 0 aromatic carbocycles. The summed E-state index contributed by atoms with van der Waals surface area (Å²) < 4.78 is 23.7. The smallest absolute Gasteiger partial charge is 0.387 e. The van der Waals surface area contributed by atoms with Gasteiger partial charge in [0.2, 0.25) is 5.91 Å². The molecule has 0 rings (SSSR count). The Hall–Kier alpha value is -2.32. The van der Waals surface area contributed by atoms with Crippen molar-refractivity contribution in [3.8, 4) is 0 Å². The highest BCUT2D eigenvalue weighted by atomic mass is 31.2. The molecule has 0 saturated heterocycles. The van der Waals surface area contributed by atoms with Gasteiger partial charge in [-0.05, 0) is 83.5 Å². The average Bonchev–Trinajstić information content (AvgIpc) is 3.42. The van der Waals surface area contributed by atoms with Crippen LogP contribution in [0.5, 0.6) is 0 Å². The molecule has 0 saturated carbocycles. The Balaban J connectivity index is 4.03. The highest BCUT2D eigenvalue weighted by Crippen LogP contribution is 2.43. The summed E-state index contributed by atoms with van der Waals surface area (Å²) in [5, 5.41) is 13.9. The first-order valence-electron chi connectivity index (χ1n) is 33.5. The normalized spacial score (nSPS) is 14.3. The van der Waals surface area contributed by atoms with Crippen molar-refractivity contribution in [3.05, 3.63) is 85.1 Å². The number of rotatable bonds is 61. The van der Waals surface area contributed by atoms with E-state index in [0.717, 1.165) is 70.6 Å². The van der Waals surface area contributed by atoms with Crippen molar-refractivity contribution < 1.29 is 32.9 Å². The SMILES string of the molecule is CC/C=C\C/C=C\C/C=C\C/C=C\CCCCCCCCCCCCCCCCCCCCCCCCCCC(=O)NC(COP(=O)(O)OCC[N+](C)(C)C)C(O)/C=C/CC/C=C/CC/C=C/CCCCCCCCCCCC. The summed E-state index contributed by atoms with van der Waals surface area (Å²) in [7, 11) is 1.55. The van der Waals surface area contributed by atoms with Crippen LogP contribution >= 0.6 is 7.82 Å². The molecule has 460 valence electrons. The van der Waals surface area contributed by atoms with Gasteiger partial charge in [0, 0.05) is 6.42 Å². The third kappa shape index (κ3) is 63.1. The molecule has 0 spiro atoms. The van der Waals surface area contributed by atoms with Crippen LogP contribution in [0.3, 0.4) is 0 Å². The molecule has 0 aliphatic heterocycles. The van der Waals surface area contributed by atoms with E-state index in [-0.39, 0.29) is 19.1 Å². The lowest BCUT2D eigenvalue weighted by Crippen LogP contribution is -2.45. The topological polar surface area (TPSA) is 105 Å². The van der Waals surface area contributed by atoms with E-state index in [9.17, 15) is 19.4 Å². The van der Waals surface area contributed by atoms with Crippen LogP contribution in [-0.4, -0.2) is 73.4 Å². The molecular weight excluding hydrogens is 996 g/mol. The van der Waals surface area contributed by atoms with Crippen molar-refractivity contribution in [2.75, 3.05) is 40.9 Å². The number of phosphoric ester groups is 1. The third-order valence-corrected chi connectivity index (χ3v) is 15.8. The molecule has 0 heterocycles. The minimum absolute atomic E-state index is 0.0527. The van der Waals surface area contributed by atoms with Crippen molar-refractivity contribution >= 4 is 13.7 Å². The maximum absolute atomic E-state index is 13.0. The van der Waals surface area contributed by atoms with E-state index in [4.69, 9.17) is 9.05 Å². The van der Waals surface area contributed by atoms with Crippen molar-refractivity contribution in [2.45, 2.75) is 315 Å². The van der Waals surface area contributed by atoms with Gasteiger partial charge < -0.3 is 19.8 Å². The molecule has 0 radical (unpaired) electrons. The largest absolute Gasteiger partial charge is 0.472 e. The molecule has 79 heavy (non-hydrogen) atoms. The maximum Gasteiger partial charge on any atom is 0.472 e. The van der Waals surface area contributed by atoms with Gasteiger partial charge in [0.15, 0.2) is 0 Å². The van der Waals surface area contributed by atoms with E-state index in [1.165, 1.54) is 212 Å². The minimum Gasteiger partial charge on any atom is -0.387 e. The Labute approximate surface area is 490 Å². The molecule has 3 atom stereocenters. The number of quaternary nitrogens is 1. The van der Waals surface area contributed by atoms with Crippen LogP contribution in [0, 0.1) is 0 Å². The quantitative estimate of drug-likeness (QED) is 0.0243. The Morgan fingerprint density at radius 1 is 0.443 bits per heavy atom. The van der Waals surface area contributed by atoms with Crippen molar-refractivity contribution in [1.82, 2.24) is 5.32 Å². The molecule has 8 nitrogen and oxygen atoms in total. The highest BCUT2D eigenvalue weighted by Gasteiger charge is 2.28. The summed E-state index contributed by atoms with van der Waals surface area (Å²) in [6, 6.07) is -0.872. The zero-order valence-electron chi connectivity index (χ0n) is 52.6. The zero-order chi connectivity index (χ0) is 57.7. The molecule has 0 aromatic heterocycles. The predicted molar refractivity (Wildman–Crippen MR) is 346 cm³/mol. The van der Waals surface area contributed by atoms with Gasteiger partial charge in [0.05, 0.1) is 39.9 Å². The second kappa shape index (κ2) is 60.3. The van der Waals surface area contributed by atoms with Crippen molar-refractivity contribution in [3.63, 3.8) is 0 Å². The molecular formula is C70H130N2O6P+. The summed E-state index contributed by atoms with van der Waals surface area (Å²) in [5.41, 5.74) is 0. The fraction of sp³-hybridized carbons (Fsp3) is 0.786. The lowest BCUT2D eigenvalue weighted by molar-refractivity contribution is -0.870. The molecule has 0 bridgehead atoms. The number of hydrogen-bond donors (Lipinski definition) is 3. The molecule has 1 amide bonds. The first-order chi connectivity index (χ1) is 38.5. The fourth-order valence-corrected chi connectivity index (χ4v) is 10.4. The Kier molecular flexibility index (Phi) is 58.5. The van der Waals surface area contributed by atoms with E-state index < -0.39 is 20.0 Å². The fourth-order valence-electron chi connectivity index (χ4n) is 9.66. The Morgan fingerprint density at radius 3 is 1.16 bits per heavy atom. The van der Waals surface area contributed by atoms with Gasteiger partial charge in [-0.1, -0.05) is 298 Å². The highest BCUT2D eigenvalue weighted by molar-refractivity contribution is 7.47. The molecule has 0 fully saturated rings. The number of carbonyl (C=O) groups excluding carboxylic acids is 1. The Morgan fingerprint density at radius 2 is 0.772 bits per heavy atom. The first kappa shape index (κ1) is 76.7. The number of nitrogens with one attached hydrogen (secondary N) is 1. The molecule has 9 heteroatoms. The van der Waals surface area contributed by atoms with Crippen LogP contribution in [0.2, 0.25) is 0 Å². The Bertz CT molecular complexity index is 1560. The van der Waals surface area contributed by atoms with Gasteiger partial charge in [-0.25, -0.2) is 4.57 Å². The molecule has 0 aromatic rings. The second-order valence-corrected chi connectivity index (χ2v) is 25.3. The average molecular weight is 1130 g/mol. The third-order valence-electron chi connectivity index (χ3n) is 14.8. The van der Waals surface area contributed by atoms with Gasteiger partial charge in [0.1, 0.15) is 13.2 Å². The predicted octanol–water partition coefficient (Wildman–Crippen LogP) is 21.2. The molecule has 0 aliphatic carbocycles. The monoisotopic (exact) mass is 1130 g/mol. The number of nitrogens with zero attached hydrogens (tertiary/aromatic N) is 1. The number of phosphoric acid groups is 1. The molecule has 3 unspecified atom stereocenters. The second-order valence-electron chi connectivity index (χ2n) is 23.8. The summed E-state index contributed by atoms with van der Waals surface area (Å²) in [5.74, 6) is -0.188. The van der Waals surface area contributed by atoms with Crippen LogP contribution in [0.4, 0.5) is 0 Å². The first-order valence-corrected chi connectivity index (χ1v) is 35.0. The number of amides is 1. The van der Waals surface area contributed by atoms with E-state index >= 15 is 0 Å². The lowest BCUT2D eigenvalue weighted by Gasteiger charge is -2.25. The van der Waals surface area contributed by atoms with Crippen LogP contribution in [0.15, 0.2) is 85.1 Å². The van der Waals surface area contributed by atoms with Gasteiger partial charge in [0.25, 0.3) is 0 Å². The molecule has 3 N–H and O–H groups in total. The minimum atomic E-state index is -4.36. The van der Waals surface area contributed by atoms with E-state index in [0.29, 0.717) is 17.4 Å². The number of hydrogen-bond acceptors (Lipinski definition) is 5. The van der Waals surface area contributed by atoms with Gasteiger partial charge in [-0.2, -0.15) is 0 Å².